The minimum atomic E-state index is -4.08. The van der Waals surface area contributed by atoms with E-state index in [9.17, 15) is 18.3 Å². The lowest BCUT2D eigenvalue weighted by molar-refractivity contribution is -0.0449. The molecule has 0 saturated heterocycles. The molecule has 0 unspecified atom stereocenters. The standard InChI is InChI=1S/C26H27N3O5S/c1-18-23-8-4-3-7-20(23)16-27-24(18)29(17-21-15-26(34-28-21)13-5-2-6-14-26)35(32,33)22-11-9-19(10-12-22)25(30)31/h3-4,7-12,16H,2,5-6,13-15,17H2,1H3,(H,30,31). The molecule has 3 aromatic rings. The lowest BCUT2D eigenvalue weighted by Gasteiger charge is -2.30. The van der Waals surface area contributed by atoms with Gasteiger partial charge in [0.05, 0.1) is 22.7 Å². The fourth-order valence-corrected chi connectivity index (χ4v) is 6.50. The van der Waals surface area contributed by atoms with E-state index in [1.807, 2.05) is 31.2 Å². The van der Waals surface area contributed by atoms with Crippen LogP contribution in [0.3, 0.4) is 0 Å². The maximum absolute atomic E-state index is 13.9. The van der Waals surface area contributed by atoms with Crippen LogP contribution >= 0.6 is 0 Å². The lowest BCUT2D eigenvalue weighted by Crippen LogP contribution is -2.38. The summed E-state index contributed by atoms with van der Waals surface area (Å²) >= 11 is 0. The van der Waals surface area contributed by atoms with E-state index < -0.39 is 16.0 Å². The van der Waals surface area contributed by atoms with Crippen LogP contribution in [0.15, 0.2) is 64.8 Å². The van der Waals surface area contributed by atoms with Crippen LogP contribution in [0.4, 0.5) is 5.82 Å². The number of hydrogen-bond acceptors (Lipinski definition) is 6. The van der Waals surface area contributed by atoms with Crippen LogP contribution in [0.5, 0.6) is 0 Å². The zero-order chi connectivity index (χ0) is 24.6. The highest BCUT2D eigenvalue weighted by Gasteiger charge is 2.41. The van der Waals surface area contributed by atoms with Gasteiger partial charge in [-0.3, -0.25) is 0 Å². The number of aromatic carboxylic acids is 1. The number of aryl methyl sites for hydroxylation is 1. The number of hydrogen-bond donors (Lipinski definition) is 1. The van der Waals surface area contributed by atoms with Gasteiger partial charge >= 0.3 is 5.97 Å². The van der Waals surface area contributed by atoms with Gasteiger partial charge in [-0.05, 0) is 62.3 Å². The van der Waals surface area contributed by atoms with Gasteiger partial charge in [0, 0.05) is 23.6 Å². The topological polar surface area (TPSA) is 109 Å². The van der Waals surface area contributed by atoms with Crippen LogP contribution in [-0.4, -0.2) is 42.3 Å². The van der Waals surface area contributed by atoms with Crippen molar-refractivity contribution in [3.63, 3.8) is 0 Å². The van der Waals surface area contributed by atoms with Crippen LogP contribution < -0.4 is 4.31 Å². The summed E-state index contributed by atoms with van der Waals surface area (Å²) in [5, 5.41) is 15.4. The van der Waals surface area contributed by atoms with Crippen LogP contribution in [0.2, 0.25) is 0 Å². The Bertz CT molecular complexity index is 1410. The molecule has 0 bridgehead atoms. The van der Waals surface area contributed by atoms with Gasteiger partial charge in [0.15, 0.2) is 0 Å². The molecule has 8 nitrogen and oxygen atoms in total. The highest BCUT2D eigenvalue weighted by atomic mass is 32.2. The third-order valence-electron chi connectivity index (χ3n) is 6.94. The summed E-state index contributed by atoms with van der Waals surface area (Å²) in [6.07, 6.45) is 7.41. The molecule has 1 fully saturated rings. The Morgan fingerprint density at radius 1 is 1.09 bits per heavy atom. The second-order valence-electron chi connectivity index (χ2n) is 9.30. The van der Waals surface area contributed by atoms with Crippen molar-refractivity contribution in [2.24, 2.45) is 5.16 Å². The Balaban J connectivity index is 1.55. The van der Waals surface area contributed by atoms with Crippen molar-refractivity contribution in [3.05, 3.63) is 65.9 Å². The molecular weight excluding hydrogens is 466 g/mol. The van der Waals surface area contributed by atoms with Gasteiger partial charge in [-0.25, -0.2) is 22.5 Å². The van der Waals surface area contributed by atoms with E-state index in [1.54, 1.807) is 6.20 Å². The number of sulfonamides is 1. The molecule has 1 N–H and O–H groups in total. The van der Waals surface area contributed by atoms with E-state index in [2.05, 4.69) is 10.1 Å². The first-order valence-corrected chi connectivity index (χ1v) is 13.2. The first-order valence-electron chi connectivity index (χ1n) is 11.7. The van der Waals surface area contributed by atoms with E-state index in [0.29, 0.717) is 18.0 Å². The number of carboxylic acid groups (broad SMARTS) is 1. The molecule has 1 aliphatic heterocycles. The monoisotopic (exact) mass is 493 g/mol. The largest absolute Gasteiger partial charge is 0.478 e. The average molecular weight is 494 g/mol. The van der Waals surface area contributed by atoms with Gasteiger partial charge < -0.3 is 9.94 Å². The van der Waals surface area contributed by atoms with Gasteiger partial charge in [0.25, 0.3) is 10.0 Å². The summed E-state index contributed by atoms with van der Waals surface area (Å²) < 4.78 is 29.1. The summed E-state index contributed by atoms with van der Waals surface area (Å²) in [6, 6.07) is 12.9. The minimum Gasteiger partial charge on any atom is -0.478 e. The second-order valence-corrected chi connectivity index (χ2v) is 11.2. The van der Waals surface area contributed by atoms with Crippen molar-refractivity contribution in [2.45, 2.75) is 55.9 Å². The van der Waals surface area contributed by atoms with E-state index >= 15 is 0 Å². The Hall–Kier alpha value is -3.46. The van der Waals surface area contributed by atoms with Crippen LogP contribution in [0, 0.1) is 6.92 Å². The van der Waals surface area contributed by atoms with Crippen molar-refractivity contribution in [3.8, 4) is 0 Å². The average Bonchev–Trinajstić information content (AvgIpc) is 3.25. The summed E-state index contributed by atoms with van der Waals surface area (Å²) in [4.78, 5) is 21.7. The van der Waals surface area contributed by atoms with E-state index in [1.165, 1.54) is 35.0 Å². The number of anilines is 1. The summed E-state index contributed by atoms with van der Waals surface area (Å²) in [5.74, 6) is -0.800. The number of carboxylic acids is 1. The molecule has 9 heteroatoms. The second kappa shape index (κ2) is 8.96. The maximum Gasteiger partial charge on any atom is 0.335 e. The quantitative estimate of drug-likeness (QED) is 0.522. The van der Waals surface area contributed by atoms with Gasteiger partial charge in [-0.1, -0.05) is 35.8 Å². The van der Waals surface area contributed by atoms with Gasteiger partial charge in [-0.2, -0.15) is 0 Å². The Morgan fingerprint density at radius 2 is 1.80 bits per heavy atom. The number of carbonyl (C=O) groups is 1. The number of oxime groups is 1. The molecule has 0 radical (unpaired) electrons. The molecule has 35 heavy (non-hydrogen) atoms. The molecule has 0 amide bonds. The number of benzene rings is 2. The Labute approximate surface area is 204 Å². The van der Waals surface area contributed by atoms with Gasteiger partial charge in [0.2, 0.25) is 0 Å². The minimum absolute atomic E-state index is 0.0104. The molecule has 182 valence electrons. The smallest absolute Gasteiger partial charge is 0.335 e. The van der Waals surface area contributed by atoms with E-state index in [0.717, 1.165) is 42.0 Å². The normalized spacial score (nSPS) is 17.2. The number of aromatic nitrogens is 1. The van der Waals surface area contributed by atoms with Crippen molar-refractivity contribution in [2.75, 3.05) is 10.8 Å². The van der Waals surface area contributed by atoms with Crippen molar-refractivity contribution >= 4 is 38.3 Å². The number of nitrogens with zero attached hydrogens (tertiary/aromatic N) is 3. The van der Waals surface area contributed by atoms with Crippen LogP contribution in [-0.2, 0) is 14.9 Å². The summed E-state index contributed by atoms with van der Waals surface area (Å²) in [6.45, 7) is 1.87. The first-order chi connectivity index (χ1) is 16.8. The third kappa shape index (κ3) is 4.36. The lowest BCUT2D eigenvalue weighted by atomic mass is 9.81. The molecule has 2 aliphatic rings. The summed E-state index contributed by atoms with van der Waals surface area (Å²) in [7, 11) is -4.08. The fraction of sp³-hybridized carbons (Fsp3) is 0.346. The SMILES string of the molecule is Cc1c(N(CC2=NOC3(CCCCC3)C2)S(=O)(=O)c2ccc(C(=O)O)cc2)ncc2ccccc12. The first kappa shape index (κ1) is 23.3. The number of pyridine rings is 1. The van der Waals surface area contributed by atoms with Crippen molar-refractivity contribution in [1.29, 1.82) is 0 Å². The van der Waals surface area contributed by atoms with E-state index in [-0.39, 0.29) is 22.6 Å². The highest BCUT2D eigenvalue weighted by Crippen LogP contribution is 2.39. The Kier molecular flexibility index (Phi) is 5.96. The fourth-order valence-electron chi connectivity index (χ4n) is 5.03. The van der Waals surface area contributed by atoms with Gasteiger partial charge in [-0.15, -0.1) is 0 Å². The zero-order valence-corrected chi connectivity index (χ0v) is 20.3. The third-order valence-corrected chi connectivity index (χ3v) is 8.69. The van der Waals surface area contributed by atoms with Crippen LogP contribution in [0.1, 0.15) is 54.4 Å². The molecule has 2 aromatic carbocycles. The molecule has 1 saturated carbocycles. The molecule has 1 aliphatic carbocycles. The number of rotatable bonds is 6. The maximum atomic E-state index is 13.9. The highest BCUT2D eigenvalue weighted by molar-refractivity contribution is 7.92. The molecule has 2 heterocycles. The molecule has 0 atom stereocenters. The van der Waals surface area contributed by atoms with Crippen LogP contribution in [0.25, 0.3) is 10.8 Å². The zero-order valence-electron chi connectivity index (χ0n) is 19.5. The predicted molar refractivity (Wildman–Crippen MR) is 133 cm³/mol. The van der Waals surface area contributed by atoms with Crippen molar-refractivity contribution in [1.82, 2.24) is 4.98 Å². The van der Waals surface area contributed by atoms with E-state index in [4.69, 9.17) is 4.84 Å². The molecule has 5 rings (SSSR count). The van der Waals surface area contributed by atoms with Crippen molar-refractivity contribution < 1.29 is 23.2 Å². The van der Waals surface area contributed by atoms with Gasteiger partial charge in [0.1, 0.15) is 11.4 Å². The molecule has 1 spiro atoms. The summed E-state index contributed by atoms with van der Waals surface area (Å²) in [5.41, 5.74) is 1.08. The molecule has 1 aromatic heterocycles. The predicted octanol–water partition coefficient (Wildman–Crippen LogP) is 4.92. The number of fused-ring (bicyclic) bond motifs is 1. The molecular formula is C26H27N3O5S. The Morgan fingerprint density at radius 3 is 2.51 bits per heavy atom.